The number of aryl methyl sites for hydroxylation is 1. The fourth-order valence-electron chi connectivity index (χ4n) is 8.80. The van der Waals surface area contributed by atoms with E-state index in [0.717, 1.165) is 49.4 Å². The van der Waals surface area contributed by atoms with Gasteiger partial charge >= 0.3 is 5.97 Å². The summed E-state index contributed by atoms with van der Waals surface area (Å²) in [5.41, 5.74) is 3.53. The van der Waals surface area contributed by atoms with Gasteiger partial charge in [-0.05, 0) is 110 Å². The summed E-state index contributed by atoms with van der Waals surface area (Å²) >= 11 is 6.45. The third kappa shape index (κ3) is 8.20. The number of nitrogens with one attached hydrogen (secondary N) is 1. The number of carbonyl (C=O) groups excluding carboxylic acids is 2. The van der Waals surface area contributed by atoms with Gasteiger partial charge in [0, 0.05) is 49.7 Å². The van der Waals surface area contributed by atoms with Crippen molar-refractivity contribution in [2.45, 2.75) is 74.2 Å². The molecule has 4 aliphatic rings. The van der Waals surface area contributed by atoms with Gasteiger partial charge in [-0.3, -0.25) is 4.79 Å². The highest BCUT2D eigenvalue weighted by Gasteiger charge is 2.44. The molecule has 1 N–H and O–H groups in total. The molecule has 2 aliphatic carbocycles. The molecule has 6 atom stereocenters. The molecule has 1 spiro atoms. The SMILES string of the molecule is COC[C@H](C[C@@H]1CC/C=C\[C@H](OC)[C@@H]2CC[C@H]2CN2C[C@@]3(CCCc4cc(Cl)ccc43)COc3ccc(cc32)C(=O)NS1(=O)=O)OC(=O)c1ccccc1. The molecule has 0 aromatic heterocycles. The number of anilines is 1. The van der Waals surface area contributed by atoms with E-state index in [1.165, 1.54) is 18.2 Å². The maximum absolute atomic E-state index is 14.1. The number of ether oxygens (including phenoxy) is 4. The van der Waals surface area contributed by atoms with Crippen molar-refractivity contribution >= 4 is 39.2 Å². The average molecular weight is 777 g/mol. The normalized spacial score (nSPS) is 27.5. The number of hydrogen-bond donors (Lipinski definition) is 1. The molecule has 288 valence electrons. The van der Waals surface area contributed by atoms with Crippen molar-refractivity contribution in [3.05, 3.63) is 106 Å². The second-order valence-electron chi connectivity index (χ2n) is 15.2. The van der Waals surface area contributed by atoms with E-state index in [4.69, 9.17) is 30.5 Å². The van der Waals surface area contributed by atoms with E-state index in [2.05, 4.69) is 21.8 Å². The Kier molecular flexibility index (Phi) is 11.7. The number of benzene rings is 3. The Balaban J connectivity index is 1.22. The minimum absolute atomic E-state index is 0.0111. The molecule has 10 nitrogen and oxygen atoms in total. The standard InChI is InChI=1S/C42H49ClN2O8S/c1-50-25-33(53-41(47)28-9-4-3-5-10-28)23-34-12-6-7-13-38(51-2)35-17-14-31(35)24-45-26-42(20-8-11-29-21-32(43)16-18-36(29)42)27-52-39-19-15-30(22-37(39)45)40(46)44-54(34,48)49/h3-5,7,9-10,13,15-16,18-19,21-22,31,33-35,38H,6,8,11-12,14,17,20,23-27H2,1-2H3,(H,44,46)/b13-7-/t31-,33-,34-,35+,38-,42-/m0/s1. The summed E-state index contributed by atoms with van der Waals surface area (Å²) < 4.78 is 54.4. The lowest BCUT2D eigenvalue weighted by Gasteiger charge is -2.46. The van der Waals surface area contributed by atoms with Crippen LogP contribution in [0.15, 0.2) is 78.9 Å². The molecule has 7 rings (SSSR count). The fourth-order valence-corrected chi connectivity index (χ4v) is 10.4. The van der Waals surface area contributed by atoms with Gasteiger partial charge in [0.1, 0.15) is 11.9 Å². The van der Waals surface area contributed by atoms with Gasteiger partial charge in [-0.25, -0.2) is 17.9 Å². The lowest BCUT2D eigenvalue weighted by Crippen LogP contribution is -2.49. The van der Waals surface area contributed by atoms with Gasteiger partial charge in [0.15, 0.2) is 0 Å². The van der Waals surface area contributed by atoms with Crippen LogP contribution in [-0.2, 0) is 36.1 Å². The largest absolute Gasteiger partial charge is 0.490 e. The topological polar surface area (TPSA) is 120 Å². The zero-order chi connectivity index (χ0) is 37.9. The van der Waals surface area contributed by atoms with Gasteiger partial charge in [-0.15, -0.1) is 0 Å². The molecular formula is C42H49ClN2O8S. The van der Waals surface area contributed by atoms with Crippen LogP contribution < -0.4 is 14.4 Å². The molecule has 54 heavy (non-hydrogen) atoms. The fraction of sp³-hybridized carbons (Fsp3) is 0.476. The molecule has 3 aromatic rings. The number of carbonyl (C=O) groups is 2. The van der Waals surface area contributed by atoms with E-state index in [0.29, 0.717) is 36.8 Å². The minimum Gasteiger partial charge on any atom is -0.490 e. The Morgan fingerprint density at radius 2 is 1.91 bits per heavy atom. The Morgan fingerprint density at radius 3 is 2.67 bits per heavy atom. The van der Waals surface area contributed by atoms with E-state index < -0.39 is 33.3 Å². The quantitative estimate of drug-likeness (QED) is 0.202. The Labute approximate surface area is 323 Å². The first-order valence-corrected chi connectivity index (χ1v) is 20.8. The van der Waals surface area contributed by atoms with Gasteiger partial charge in [0.25, 0.3) is 5.91 Å². The monoisotopic (exact) mass is 776 g/mol. The first kappa shape index (κ1) is 38.4. The third-order valence-corrected chi connectivity index (χ3v) is 13.8. The van der Waals surface area contributed by atoms with Crippen LogP contribution in [0.3, 0.4) is 0 Å². The summed E-state index contributed by atoms with van der Waals surface area (Å²) in [5, 5.41) is -0.347. The predicted molar refractivity (Wildman–Crippen MR) is 208 cm³/mol. The summed E-state index contributed by atoms with van der Waals surface area (Å²) in [7, 11) is -1.07. The van der Waals surface area contributed by atoms with Crippen molar-refractivity contribution in [2.24, 2.45) is 11.8 Å². The zero-order valence-corrected chi connectivity index (χ0v) is 32.4. The van der Waals surface area contributed by atoms with E-state index in [9.17, 15) is 18.0 Å². The lowest BCUT2D eigenvalue weighted by molar-refractivity contribution is 0.00264. The molecule has 2 aliphatic heterocycles. The summed E-state index contributed by atoms with van der Waals surface area (Å²) in [6, 6.07) is 19.9. The lowest BCUT2D eigenvalue weighted by atomic mass is 9.68. The molecule has 0 saturated heterocycles. The van der Waals surface area contributed by atoms with Crippen LogP contribution >= 0.6 is 11.6 Å². The van der Waals surface area contributed by atoms with E-state index >= 15 is 0 Å². The van der Waals surface area contributed by atoms with Crippen molar-refractivity contribution in [1.82, 2.24) is 4.72 Å². The van der Waals surface area contributed by atoms with Crippen LogP contribution in [0.1, 0.15) is 76.8 Å². The summed E-state index contributed by atoms with van der Waals surface area (Å²) in [6.07, 6.45) is 8.52. The van der Waals surface area contributed by atoms with Gasteiger partial charge in [0.2, 0.25) is 10.0 Å². The van der Waals surface area contributed by atoms with Crippen LogP contribution in [0.4, 0.5) is 5.69 Å². The minimum atomic E-state index is -4.26. The summed E-state index contributed by atoms with van der Waals surface area (Å²) in [5.74, 6) is -0.0389. The molecule has 1 saturated carbocycles. The van der Waals surface area contributed by atoms with E-state index in [-0.39, 0.29) is 42.4 Å². The van der Waals surface area contributed by atoms with Crippen molar-refractivity contribution in [3.8, 4) is 5.75 Å². The number of nitrogens with zero attached hydrogens (tertiary/aromatic N) is 1. The van der Waals surface area contributed by atoms with Crippen LogP contribution in [0.25, 0.3) is 0 Å². The van der Waals surface area contributed by atoms with Crippen molar-refractivity contribution in [3.63, 3.8) is 0 Å². The highest BCUT2D eigenvalue weighted by Crippen LogP contribution is 2.47. The second kappa shape index (κ2) is 16.5. The van der Waals surface area contributed by atoms with Crippen LogP contribution in [0.2, 0.25) is 5.02 Å². The third-order valence-electron chi connectivity index (χ3n) is 11.7. The average Bonchev–Trinajstić information content (AvgIpc) is 3.30. The molecule has 2 bridgehead atoms. The number of halogens is 1. The highest BCUT2D eigenvalue weighted by atomic mass is 35.5. The molecule has 0 unspecified atom stereocenters. The molecular weight excluding hydrogens is 728 g/mol. The molecule has 0 radical (unpaired) electrons. The predicted octanol–water partition coefficient (Wildman–Crippen LogP) is 6.89. The summed E-state index contributed by atoms with van der Waals surface area (Å²) in [4.78, 5) is 29.3. The van der Waals surface area contributed by atoms with Crippen LogP contribution in [-0.4, -0.2) is 78.3 Å². The first-order valence-electron chi connectivity index (χ1n) is 18.9. The van der Waals surface area contributed by atoms with Crippen LogP contribution in [0.5, 0.6) is 5.75 Å². The highest BCUT2D eigenvalue weighted by molar-refractivity contribution is 7.90. The smallest absolute Gasteiger partial charge is 0.338 e. The number of fused-ring (bicyclic) bond motifs is 4. The number of methoxy groups -OCH3 is 2. The number of hydrogen-bond acceptors (Lipinski definition) is 9. The van der Waals surface area contributed by atoms with Gasteiger partial charge in [0.05, 0.1) is 35.8 Å². The first-order chi connectivity index (χ1) is 26.1. The van der Waals surface area contributed by atoms with Gasteiger partial charge in [-0.1, -0.05) is 48.0 Å². The van der Waals surface area contributed by atoms with Gasteiger partial charge < -0.3 is 23.8 Å². The van der Waals surface area contributed by atoms with Crippen LogP contribution in [0, 0.1) is 11.8 Å². The number of allylic oxidation sites excluding steroid dienone is 1. The summed E-state index contributed by atoms with van der Waals surface area (Å²) in [6.45, 7) is 1.89. The Bertz CT molecular complexity index is 1970. The maximum Gasteiger partial charge on any atom is 0.338 e. The molecule has 2 heterocycles. The zero-order valence-electron chi connectivity index (χ0n) is 30.9. The van der Waals surface area contributed by atoms with Crippen molar-refractivity contribution in [1.29, 1.82) is 0 Å². The molecule has 1 fully saturated rings. The Hall–Kier alpha value is -3.90. The maximum atomic E-state index is 14.1. The second-order valence-corrected chi connectivity index (χ2v) is 17.6. The number of amides is 1. The van der Waals surface area contributed by atoms with Crippen molar-refractivity contribution in [2.75, 3.05) is 45.4 Å². The molecule has 3 aromatic carbocycles. The number of sulfonamides is 1. The van der Waals surface area contributed by atoms with Crippen molar-refractivity contribution < 1.29 is 37.0 Å². The van der Waals surface area contributed by atoms with E-state index in [1.807, 2.05) is 18.2 Å². The van der Waals surface area contributed by atoms with Gasteiger partial charge in [-0.2, -0.15) is 0 Å². The number of esters is 1. The number of rotatable bonds is 7. The molecule has 12 heteroatoms. The molecule has 1 amide bonds. The Morgan fingerprint density at radius 1 is 1.07 bits per heavy atom. The van der Waals surface area contributed by atoms with E-state index in [1.54, 1.807) is 55.6 Å².